The molecule has 7 atom stereocenters. The molecule has 0 aliphatic heterocycles. The van der Waals surface area contributed by atoms with Gasteiger partial charge in [-0.1, -0.05) is 60.1 Å². The molecular weight excluding hydrogens is 512 g/mol. The molecule has 6 heteroatoms. The van der Waals surface area contributed by atoms with Gasteiger partial charge in [0, 0.05) is 23.3 Å². The average Bonchev–Trinajstić information content (AvgIpc) is 2.88. The second kappa shape index (κ2) is 9.55. The lowest BCUT2D eigenvalue weighted by Gasteiger charge is -2.69. The number of allylic oxidation sites excluding steroid dienone is 4. The van der Waals surface area contributed by atoms with Crippen LogP contribution < -0.4 is 5.32 Å². The summed E-state index contributed by atoms with van der Waals surface area (Å²) in [6.07, 6.45) is 11.3. The SMILES string of the molecule is CCNC(=O)OCC[C@]12CCC(C)(C)CC1C1C(=O)C=C3[C@@]4(C)C=C(C#N)C(=O)C(C)(C)[C@@H]4CC[C@@]3(C)[C@]1(C)CC2. The van der Waals surface area contributed by atoms with Crippen LogP contribution >= 0.6 is 0 Å². The van der Waals surface area contributed by atoms with Gasteiger partial charge in [0.15, 0.2) is 11.6 Å². The summed E-state index contributed by atoms with van der Waals surface area (Å²) in [5.74, 6) is 0.339. The third kappa shape index (κ3) is 4.19. The van der Waals surface area contributed by atoms with Crippen LogP contribution in [0.15, 0.2) is 23.3 Å². The van der Waals surface area contributed by atoms with Gasteiger partial charge in [0.1, 0.15) is 6.07 Å². The molecule has 1 amide bonds. The number of carbonyl (C=O) groups is 3. The third-order valence-corrected chi connectivity index (χ3v) is 13.2. The fourth-order valence-electron chi connectivity index (χ4n) is 10.7. The first kappa shape index (κ1) is 30.1. The van der Waals surface area contributed by atoms with E-state index >= 15 is 0 Å². The molecule has 0 saturated heterocycles. The van der Waals surface area contributed by atoms with Crippen molar-refractivity contribution < 1.29 is 19.1 Å². The number of amides is 1. The molecule has 0 aromatic carbocycles. The molecular formula is C35H50N2O4. The number of hydrogen-bond acceptors (Lipinski definition) is 5. The predicted molar refractivity (Wildman–Crippen MR) is 159 cm³/mol. The topological polar surface area (TPSA) is 96.3 Å². The third-order valence-electron chi connectivity index (χ3n) is 13.2. The van der Waals surface area contributed by atoms with Gasteiger partial charge in [-0.25, -0.2) is 4.79 Å². The minimum absolute atomic E-state index is 0.0161. The van der Waals surface area contributed by atoms with Gasteiger partial charge in [-0.15, -0.1) is 0 Å². The molecule has 5 rings (SSSR count). The number of nitrogens with zero attached hydrogens (tertiary/aromatic N) is 1. The largest absolute Gasteiger partial charge is 0.450 e. The Morgan fingerprint density at radius 1 is 1.05 bits per heavy atom. The highest BCUT2D eigenvalue weighted by atomic mass is 16.5. The summed E-state index contributed by atoms with van der Waals surface area (Å²) in [6.45, 7) is 18.4. The maximum absolute atomic E-state index is 14.6. The summed E-state index contributed by atoms with van der Waals surface area (Å²) in [7, 11) is 0. The zero-order valence-electron chi connectivity index (χ0n) is 26.5. The Bertz CT molecular complexity index is 1270. The predicted octanol–water partition coefficient (Wildman–Crippen LogP) is 7.34. The van der Waals surface area contributed by atoms with E-state index in [0.717, 1.165) is 56.9 Å². The molecule has 0 aromatic rings. The van der Waals surface area contributed by atoms with Crippen molar-refractivity contribution in [2.45, 2.75) is 107 Å². The van der Waals surface area contributed by atoms with Gasteiger partial charge >= 0.3 is 6.09 Å². The van der Waals surface area contributed by atoms with Crippen molar-refractivity contribution in [3.8, 4) is 6.07 Å². The van der Waals surface area contributed by atoms with Crippen molar-refractivity contribution in [3.05, 3.63) is 23.3 Å². The Labute approximate surface area is 246 Å². The van der Waals surface area contributed by atoms with Gasteiger partial charge in [0.25, 0.3) is 0 Å². The van der Waals surface area contributed by atoms with Gasteiger partial charge in [0.05, 0.1) is 12.2 Å². The van der Waals surface area contributed by atoms with Crippen LogP contribution in [0.1, 0.15) is 107 Å². The summed E-state index contributed by atoms with van der Waals surface area (Å²) in [5, 5.41) is 12.7. The maximum atomic E-state index is 14.6. The van der Waals surface area contributed by atoms with E-state index < -0.39 is 10.8 Å². The van der Waals surface area contributed by atoms with Crippen molar-refractivity contribution in [1.29, 1.82) is 5.26 Å². The van der Waals surface area contributed by atoms with Gasteiger partial charge in [0.2, 0.25) is 0 Å². The molecule has 3 saturated carbocycles. The second-order valence-electron chi connectivity index (χ2n) is 16.0. The van der Waals surface area contributed by atoms with E-state index in [0.29, 0.717) is 13.2 Å². The lowest BCUT2D eigenvalue weighted by molar-refractivity contribution is -0.173. The first-order valence-corrected chi connectivity index (χ1v) is 15.9. The average molecular weight is 563 g/mol. The first-order chi connectivity index (χ1) is 19.0. The Kier molecular flexibility index (Phi) is 7.00. The lowest BCUT2D eigenvalue weighted by Crippen LogP contribution is -2.64. The van der Waals surface area contributed by atoms with Crippen molar-refractivity contribution in [2.75, 3.05) is 13.2 Å². The van der Waals surface area contributed by atoms with Gasteiger partial charge in [-0.3, -0.25) is 9.59 Å². The summed E-state index contributed by atoms with van der Waals surface area (Å²) in [6, 6.07) is 2.20. The van der Waals surface area contributed by atoms with Gasteiger partial charge in [-0.2, -0.15) is 5.26 Å². The number of hydrogen-bond donors (Lipinski definition) is 1. The van der Waals surface area contributed by atoms with Crippen molar-refractivity contribution in [2.24, 2.45) is 50.2 Å². The van der Waals surface area contributed by atoms with E-state index in [-0.39, 0.29) is 62.6 Å². The summed E-state index contributed by atoms with van der Waals surface area (Å²) in [4.78, 5) is 39.9. The van der Waals surface area contributed by atoms with Crippen LogP contribution in [-0.2, 0) is 14.3 Å². The highest BCUT2D eigenvalue weighted by Crippen LogP contribution is 2.74. The molecule has 0 spiro atoms. The normalized spacial score (nSPS) is 42.3. The van der Waals surface area contributed by atoms with Crippen LogP contribution in [0.5, 0.6) is 0 Å². The number of Topliss-reactive ketones (excluding diaryl/α,β-unsaturated/α-hetero) is 1. The zero-order chi connectivity index (χ0) is 30.2. The minimum Gasteiger partial charge on any atom is -0.450 e. The number of rotatable bonds is 4. The first-order valence-electron chi connectivity index (χ1n) is 15.9. The Hall–Kier alpha value is -2.42. The number of fused-ring (bicyclic) bond motifs is 7. The second-order valence-corrected chi connectivity index (χ2v) is 16.0. The van der Waals surface area contributed by atoms with Gasteiger partial charge in [-0.05, 0) is 97.9 Å². The fourth-order valence-corrected chi connectivity index (χ4v) is 10.7. The van der Waals surface area contributed by atoms with E-state index in [1.54, 1.807) is 0 Å². The van der Waals surface area contributed by atoms with E-state index in [9.17, 15) is 19.6 Å². The number of nitriles is 1. The number of carbonyl (C=O) groups excluding carboxylic acids is 3. The molecule has 41 heavy (non-hydrogen) atoms. The molecule has 0 heterocycles. The molecule has 2 unspecified atom stereocenters. The smallest absolute Gasteiger partial charge is 0.407 e. The number of ketones is 2. The van der Waals surface area contributed by atoms with E-state index in [4.69, 9.17) is 4.74 Å². The monoisotopic (exact) mass is 562 g/mol. The molecule has 0 aromatic heterocycles. The zero-order valence-corrected chi connectivity index (χ0v) is 26.5. The van der Waals surface area contributed by atoms with Crippen molar-refractivity contribution in [1.82, 2.24) is 5.32 Å². The molecule has 5 aliphatic rings. The molecule has 0 radical (unpaired) electrons. The summed E-state index contributed by atoms with van der Waals surface area (Å²) >= 11 is 0. The lowest BCUT2D eigenvalue weighted by atomic mass is 9.34. The van der Waals surface area contributed by atoms with E-state index in [2.05, 4.69) is 46.0 Å². The number of ether oxygens (including phenoxy) is 1. The Morgan fingerprint density at radius 2 is 1.73 bits per heavy atom. The van der Waals surface area contributed by atoms with E-state index in [1.165, 1.54) is 0 Å². The Morgan fingerprint density at radius 3 is 2.39 bits per heavy atom. The van der Waals surface area contributed by atoms with Crippen LogP contribution in [0.25, 0.3) is 0 Å². The highest BCUT2D eigenvalue weighted by Gasteiger charge is 2.69. The summed E-state index contributed by atoms with van der Waals surface area (Å²) in [5.41, 5.74) is -0.0942. The Balaban J connectivity index is 1.58. The van der Waals surface area contributed by atoms with Crippen LogP contribution in [0, 0.1) is 61.6 Å². The van der Waals surface area contributed by atoms with Crippen LogP contribution in [0.2, 0.25) is 0 Å². The van der Waals surface area contributed by atoms with E-state index in [1.807, 2.05) is 32.9 Å². The maximum Gasteiger partial charge on any atom is 0.407 e. The molecule has 5 aliphatic carbocycles. The molecule has 1 N–H and O–H groups in total. The summed E-state index contributed by atoms with van der Waals surface area (Å²) < 4.78 is 5.59. The standard InChI is InChI=1S/C35H50N2O4/c1-9-37-29(40)41-17-16-35-14-12-30(2,3)20-23(35)27-24(38)18-26-32(6)19-22(21-36)28(39)31(4,5)25(32)10-11-33(26,7)34(27,8)13-15-35/h18-19,23,25,27H,9-17,20H2,1-8H3,(H,37,40)/t23?,25-,27?,32-,33+,34+,35+/m0/s1. The molecule has 0 bridgehead atoms. The minimum atomic E-state index is -0.656. The molecule has 6 nitrogen and oxygen atoms in total. The number of alkyl carbamates (subject to hydrolysis) is 1. The van der Waals surface area contributed by atoms with Crippen molar-refractivity contribution >= 4 is 17.7 Å². The van der Waals surface area contributed by atoms with Crippen LogP contribution in [0.4, 0.5) is 4.79 Å². The molecule has 3 fully saturated rings. The molecule has 224 valence electrons. The fraction of sp³-hybridized carbons (Fsp3) is 0.771. The number of nitrogens with one attached hydrogen (secondary N) is 1. The highest BCUT2D eigenvalue weighted by molar-refractivity contribution is 6.04. The van der Waals surface area contributed by atoms with Crippen LogP contribution in [-0.4, -0.2) is 30.8 Å². The quantitative estimate of drug-likeness (QED) is 0.387. The van der Waals surface area contributed by atoms with Crippen LogP contribution in [0.3, 0.4) is 0 Å². The van der Waals surface area contributed by atoms with Gasteiger partial charge < -0.3 is 10.1 Å². The van der Waals surface area contributed by atoms with Crippen molar-refractivity contribution in [3.63, 3.8) is 0 Å².